The Hall–Kier alpha value is -4.40. The van der Waals surface area contributed by atoms with Gasteiger partial charge < -0.3 is 19.9 Å². The van der Waals surface area contributed by atoms with Gasteiger partial charge in [0.15, 0.2) is 0 Å². The molecule has 48 heavy (non-hydrogen) atoms. The van der Waals surface area contributed by atoms with E-state index < -0.39 is 29.7 Å². The van der Waals surface area contributed by atoms with E-state index in [2.05, 4.69) is 72.8 Å². The van der Waals surface area contributed by atoms with E-state index in [9.17, 15) is 24.0 Å². The van der Waals surface area contributed by atoms with Gasteiger partial charge in [0.1, 0.15) is 10.5 Å². The third-order valence-electron chi connectivity index (χ3n) is 9.64. The number of nitrogens with one attached hydrogen (secondary N) is 2. The van der Waals surface area contributed by atoms with Crippen LogP contribution >= 0.6 is 15.9 Å². The molecule has 14 heteroatoms. The average Bonchev–Trinajstić information content (AvgIpc) is 3.29. The number of ether oxygens (including phenoxy) is 1. The average molecular weight is 719 g/mol. The molecule has 0 saturated carbocycles. The highest BCUT2D eigenvalue weighted by atomic mass is 79.9. The van der Waals surface area contributed by atoms with E-state index in [0.717, 1.165) is 35.7 Å². The molecule has 13 nitrogen and oxygen atoms in total. The minimum atomic E-state index is -0.981. The second-order valence-corrected chi connectivity index (χ2v) is 13.8. The van der Waals surface area contributed by atoms with Gasteiger partial charge in [-0.15, -0.1) is 0 Å². The van der Waals surface area contributed by atoms with Crippen molar-refractivity contribution in [2.45, 2.75) is 50.0 Å². The van der Waals surface area contributed by atoms with Crippen molar-refractivity contribution in [3.8, 4) is 0 Å². The number of piperidine rings is 2. The Balaban J connectivity index is 0.912. The number of nitrogens with zero attached hydrogens (tertiary/aromatic N) is 5. The van der Waals surface area contributed by atoms with Gasteiger partial charge in [-0.2, -0.15) is 5.10 Å². The summed E-state index contributed by atoms with van der Waals surface area (Å²) in [6.45, 7) is 3.59. The summed E-state index contributed by atoms with van der Waals surface area (Å²) in [5.74, 6) is -1.71. The van der Waals surface area contributed by atoms with Gasteiger partial charge in [-0.25, -0.2) is 4.68 Å². The Labute approximate surface area is 285 Å². The zero-order chi connectivity index (χ0) is 33.7. The maximum atomic E-state index is 13.2. The maximum absolute atomic E-state index is 13.2. The normalized spacial score (nSPS) is 23.3. The highest BCUT2D eigenvalue weighted by Crippen LogP contribution is 2.33. The van der Waals surface area contributed by atoms with Crippen LogP contribution in [0.1, 0.15) is 57.0 Å². The van der Waals surface area contributed by atoms with Gasteiger partial charge in [-0.05, 0) is 71.1 Å². The van der Waals surface area contributed by atoms with Crippen LogP contribution in [0.3, 0.4) is 0 Å². The summed E-state index contributed by atoms with van der Waals surface area (Å²) in [6, 6.07) is 12.9. The van der Waals surface area contributed by atoms with Crippen molar-refractivity contribution in [1.29, 1.82) is 0 Å². The molecule has 0 spiro atoms. The lowest BCUT2D eigenvalue weighted by molar-refractivity contribution is -0.136. The molecule has 3 fully saturated rings. The number of halogens is 1. The summed E-state index contributed by atoms with van der Waals surface area (Å²) in [6.07, 6.45) is 2.84. The van der Waals surface area contributed by atoms with Crippen LogP contribution in [-0.2, 0) is 28.0 Å². The van der Waals surface area contributed by atoms with E-state index in [1.54, 1.807) is 25.4 Å². The van der Waals surface area contributed by atoms with Crippen molar-refractivity contribution in [3.05, 3.63) is 85.7 Å². The fourth-order valence-electron chi connectivity index (χ4n) is 7.01. The molecule has 4 amide bonds. The lowest BCUT2D eigenvalue weighted by atomic mass is 9.88. The summed E-state index contributed by atoms with van der Waals surface area (Å²) in [7, 11) is 3.74. The van der Waals surface area contributed by atoms with Crippen LogP contribution in [-0.4, -0.2) is 94.6 Å². The Kier molecular flexibility index (Phi) is 8.64. The van der Waals surface area contributed by atoms with E-state index in [0.29, 0.717) is 35.8 Å². The number of amides is 4. The predicted molar refractivity (Wildman–Crippen MR) is 180 cm³/mol. The Morgan fingerprint density at radius 1 is 0.958 bits per heavy atom. The second-order valence-electron chi connectivity index (χ2n) is 13.1. The number of benzene rings is 2. The van der Waals surface area contributed by atoms with Crippen LogP contribution in [0.2, 0.25) is 0 Å². The van der Waals surface area contributed by atoms with Crippen LogP contribution in [0, 0.1) is 0 Å². The monoisotopic (exact) mass is 717 g/mol. The molecule has 4 aliphatic rings. The number of fused-ring (bicyclic) bond motifs is 1. The van der Waals surface area contributed by atoms with E-state index in [-0.39, 0.29) is 41.7 Å². The molecular formula is C34H36BrN7O6. The Morgan fingerprint density at radius 2 is 1.71 bits per heavy atom. The van der Waals surface area contributed by atoms with E-state index >= 15 is 0 Å². The zero-order valence-corrected chi connectivity index (χ0v) is 28.2. The lowest BCUT2D eigenvalue weighted by Crippen LogP contribution is -2.54. The highest BCUT2D eigenvalue weighted by molar-refractivity contribution is 9.10. The second kappa shape index (κ2) is 12.9. The summed E-state index contributed by atoms with van der Waals surface area (Å²) < 4.78 is 7.97. The van der Waals surface area contributed by atoms with Crippen LogP contribution in [0.4, 0.5) is 11.4 Å². The van der Waals surface area contributed by atoms with Crippen molar-refractivity contribution in [1.82, 2.24) is 24.9 Å². The van der Waals surface area contributed by atoms with Gasteiger partial charge in [0, 0.05) is 51.4 Å². The first-order valence-electron chi connectivity index (χ1n) is 16.0. The van der Waals surface area contributed by atoms with E-state index in [1.165, 1.54) is 10.2 Å². The first kappa shape index (κ1) is 32.2. The van der Waals surface area contributed by atoms with Crippen LogP contribution in [0.5, 0.6) is 0 Å². The van der Waals surface area contributed by atoms with Gasteiger partial charge in [0.05, 0.1) is 35.7 Å². The van der Waals surface area contributed by atoms with Gasteiger partial charge in [-0.1, -0.05) is 24.3 Å². The first-order chi connectivity index (χ1) is 23.0. The fraction of sp³-hybridized carbons (Fsp3) is 0.412. The van der Waals surface area contributed by atoms with Crippen molar-refractivity contribution >= 4 is 50.9 Å². The Bertz CT molecular complexity index is 1860. The van der Waals surface area contributed by atoms with Crippen molar-refractivity contribution in [2.24, 2.45) is 7.05 Å². The Morgan fingerprint density at radius 3 is 2.46 bits per heavy atom. The molecule has 0 aliphatic carbocycles. The lowest BCUT2D eigenvalue weighted by Gasteiger charge is -2.40. The van der Waals surface area contributed by atoms with Gasteiger partial charge in [-0.3, -0.25) is 34.2 Å². The molecule has 2 aromatic carbocycles. The van der Waals surface area contributed by atoms with Crippen LogP contribution in [0.25, 0.3) is 0 Å². The molecular weight excluding hydrogens is 682 g/mol. The molecule has 3 aromatic rings. The molecule has 0 radical (unpaired) electrons. The minimum absolute atomic E-state index is 0.0256. The van der Waals surface area contributed by atoms with Crippen molar-refractivity contribution < 1.29 is 23.9 Å². The molecule has 1 unspecified atom stereocenters. The van der Waals surface area contributed by atoms with E-state index in [1.807, 2.05) is 6.07 Å². The number of carbonyl (C=O) groups is 4. The third-order valence-corrected chi connectivity index (χ3v) is 10.4. The SMILES string of the molecule is CN1C[C@@H](Nc2cnn(C)c(=O)c2Br)C[C@@H](c2ccc(COC3CN(c4ccc5c(c4)C(=O)N(C4CCC(=O)NC4=O)C5=O)C3)cc2)C1. The summed E-state index contributed by atoms with van der Waals surface area (Å²) >= 11 is 3.41. The van der Waals surface area contributed by atoms with Gasteiger partial charge >= 0.3 is 0 Å². The molecule has 3 saturated heterocycles. The minimum Gasteiger partial charge on any atom is -0.379 e. The molecule has 5 heterocycles. The molecule has 3 atom stereocenters. The number of rotatable bonds is 8. The number of likely N-dealkylation sites (tertiary alicyclic amines) is 1. The van der Waals surface area contributed by atoms with Crippen LogP contribution in [0.15, 0.2) is 57.9 Å². The number of likely N-dealkylation sites (N-methyl/N-ethyl adjacent to an activating group) is 1. The first-order valence-corrected chi connectivity index (χ1v) is 16.8. The van der Waals surface area contributed by atoms with Crippen molar-refractivity contribution in [2.75, 3.05) is 43.4 Å². The molecule has 1 aromatic heterocycles. The molecule has 250 valence electrons. The molecule has 2 N–H and O–H groups in total. The number of hydrogen-bond acceptors (Lipinski definition) is 10. The highest BCUT2D eigenvalue weighted by Gasteiger charge is 2.45. The predicted octanol–water partition coefficient (Wildman–Crippen LogP) is 2.25. The number of aromatic nitrogens is 2. The standard InChI is InChI=1S/C34H36BrN7O6/c1-39-14-21(11-22(15-39)37-27-13-36-40(2)34(47)30(27)35)20-5-3-19(4-6-20)18-48-24-16-41(17-24)23-7-8-25-26(12-23)33(46)42(32(25)45)28-9-10-29(43)38-31(28)44/h3-8,12-13,21-22,24,28,37H,9-11,14-18H2,1-2H3,(H,38,43,44)/t21-,22+,28?/m1/s1. The molecule has 7 rings (SSSR count). The number of aryl methyl sites for hydroxylation is 1. The van der Waals surface area contributed by atoms with Gasteiger partial charge in [0.2, 0.25) is 11.8 Å². The quantitative estimate of drug-likeness (QED) is 0.333. The smallest absolute Gasteiger partial charge is 0.282 e. The topological polar surface area (TPSA) is 146 Å². The number of imide groups is 2. The van der Waals surface area contributed by atoms with Crippen molar-refractivity contribution in [3.63, 3.8) is 0 Å². The summed E-state index contributed by atoms with van der Waals surface area (Å²) in [5.41, 5.74) is 4.23. The van der Waals surface area contributed by atoms with Gasteiger partial charge in [0.25, 0.3) is 17.4 Å². The number of hydrogen-bond donors (Lipinski definition) is 2. The number of anilines is 2. The zero-order valence-electron chi connectivity index (χ0n) is 26.6. The molecule has 0 bridgehead atoms. The number of carbonyl (C=O) groups excluding carboxylic acids is 4. The largest absolute Gasteiger partial charge is 0.379 e. The maximum Gasteiger partial charge on any atom is 0.282 e. The summed E-state index contributed by atoms with van der Waals surface area (Å²) in [4.78, 5) is 67.7. The third kappa shape index (κ3) is 6.15. The summed E-state index contributed by atoms with van der Waals surface area (Å²) in [5, 5.41) is 9.88. The fourth-order valence-corrected chi connectivity index (χ4v) is 7.48. The van der Waals surface area contributed by atoms with Crippen LogP contribution < -0.4 is 21.1 Å². The molecule has 4 aliphatic heterocycles. The van der Waals surface area contributed by atoms with E-state index in [4.69, 9.17) is 4.74 Å².